The molecule has 7 heteroatoms. The first kappa shape index (κ1) is 21.2. The lowest BCUT2D eigenvalue weighted by atomic mass is 10.1. The quantitative estimate of drug-likeness (QED) is 0.762. The number of carbonyl (C=O) groups excluding carboxylic acids is 2. The van der Waals surface area contributed by atoms with Crippen LogP contribution in [-0.4, -0.2) is 60.7 Å². The predicted octanol–water partition coefficient (Wildman–Crippen LogP) is 3.53. The molecule has 0 aliphatic carbocycles. The van der Waals surface area contributed by atoms with Gasteiger partial charge in [-0.2, -0.15) is 0 Å². The van der Waals surface area contributed by atoms with E-state index in [9.17, 15) is 9.59 Å². The molecule has 164 valence electrons. The summed E-state index contributed by atoms with van der Waals surface area (Å²) in [4.78, 5) is 28.8. The molecule has 2 aromatic carbocycles. The Labute approximate surface area is 182 Å². The number of rotatable bonds is 4. The van der Waals surface area contributed by atoms with Crippen LogP contribution in [0.15, 0.2) is 42.5 Å². The summed E-state index contributed by atoms with van der Waals surface area (Å²) in [5, 5.41) is 3.04. The van der Waals surface area contributed by atoms with Crippen molar-refractivity contribution in [1.29, 1.82) is 0 Å². The molecule has 0 aromatic heterocycles. The SMILES string of the molecule is COC(=O)c1ccc(CN2[C@H](C)CN(C(=O)Nc3ccc4c(c3)CCO4)C[C@@H]2C)cc1. The van der Waals surface area contributed by atoms with Crippen molar-refractivity contribution in [2.24, 2.45) is 0 Å². The van der Waals surface area contributed by atoms with Gasteiger partial charge in [-0.3, -0.25) is 4.90 Å². The van der Waals surface area contributed by atoms with E-state index in [1.807, 2.05) is 35.2 Å². The Morgan fingerprint density at radius 1 is 1.10 bits per heavy atom. The fourth-order valence-electron chi connectivity index (χ4n) is 4.38. The molecule has 0 unspecified atom stereocenters. The zero-order chi connectivity index (χ0) is 22.0. The summed E-state index contributed by atoms with van der Waals surface area (Å²) in [6.07, 6.45) is 0.881. The van der Waals surface area contributed by atoms with Gasteiger partial charge in [0.15, 0.2) is 0 Å². The summed E-state index contributed by atoms with van der Waals surface area (Å²) in [6.45, 7) is 7.07. The third kappa shape index (κ3) is 4.66. The van der Waals surface area contributed by atoms with Crippen molar-refractivity contribution < 1.29 is 19.1 Å². The van der Waals surface area contributed by atoms with Gasteiger partial charge in [0.2, 0.25) is 0 Å². The first-order valence-corrected chi connectivity index (χ1v) is 10.7. The molecule has 0 radical (unpaired) electrons. The van der Waals surface area contributed by atoms with Gasteiger partial charge in [0, 0.05) is 43.8 Å². The summed E-state index contributed by atoms with van der Waals surface area (Å²) in [6, 6.07) is 13.7. The molecular weight excluding hydrogens is 394 g/mol. The summed E-state index contributed by atoms with van der Waals surface area (Å²) in [7, 11) is 1.38. The first-order valence-electron chi connectivity index (χ1n) is 10.7. The van der Waals surface area contributed by atoms with Crippen molar-refractivity contribution in [3.8, 4) is 5.75 Å². The van der Waals surface area contributed by atoms with Crippen LogP contribution in [0.1, 0.15) is 35.3 Å². The number of urea groups is 1. The molecule has 0 bridgehead atoms. The summed E-state index contributed by atoms with van der Waals surface area (Å²) in [5.74, 6) is 0.581. The highest BCUT2D eigenvalue weighted by Gasteiger charge is 2.32. The first-order chi connectivity index (χ1) is 14.9. The maximum atomic E-state index is 12.9. The zero-order valence-corrected chi connectivity index (χ0v) is 18.3. The lowest BCUT2D eigenvalue weighted by Crippen LogP contribution is -2.58. The Balaban J connectivity index is 1.36. The minimum Gasteiger partial charge on any atom is -0.493 e. The van der Waals surface area contributed by atoms with Crippen LogP contribution >= 0.6 is 0 Å². The second-order valence-corrected chi connectivity index (χ2v) is 8.31. The average molecular weight is 424 g/mol. The lowest BCUT2D eigenvalue weighted by Gasteiger charge is -2.44. The summed E-state index contributed by atoms with van der Waals surface area (Å²) in [5.41, 5.74) is 3.63. The highest BCUT2D eigenvalue weighted by molar-refractivity contribution is 5.90. The Kier molecular flexibility index (Phi) is 6.13. The highest BCUT2D eigenvalue weighted by atomic mass is 16.5. The van der Waals surface area contributed by atoms with Crippen molar-refractivity contribution in [3.63, 3.8) is 0 Å². The molecule has 2 amide bonds. The fraction of sp³-hybridized carbons (Fsp3) is 0.417. The van der Waals surface area contributed by atoms with E-state index >= 15 is 0 Å². The van der Waals surface area contributed by atoms with Crippen molar-refractivity contribution >= 4 is 17.7 Å². The van der Waals surface area contributed by atoms with Gasteiger partial charge in [0.1, 0.15) is 5.75 Å². The molecule has 2 aliphatic rings. The smallest absolute Gasteiger partial charge is 0.337 e. The van der Waals surface area contributed by atoms with Gasteiger partial charge in [0.25, 0.3) is 0 Å². The van der Waals surface area contributed by atoms with Gasteiger partial charge in [-0.1, -0.05) is 12.1 Å². The number of esters is 1. The molecule has 2 aliphatic heterocycles. The van der Waals surface area contributed by atoms with Crippen LogP contribution in [0, 0.1) is 0 Å². The molecule has 2 atom stereocenters. The molecule has 2 aromatic rings. The molecule has 0 spiro atoms. The summed E-state index contributed by atoms with van der Waals surface area (Å²) < 4.78 is 10.3. The van der Waals surface area contributed by atoms with Crippen LogP contribution in [0.3, 0.4) is 0 Å². The third-order valence-electron chi connectivity index (χ3n) is 6.07. The second-order valence-electron chi connectivity index (χ2n) is 8.31. The van der Waals surface area contributed by atoms with Gasteiger partial charge in [-0.25, -0.2) is 9.59 Å². The molecule has 2 heterocycles. The number of hydrogen-bond donors (Lipinski definition) is 1. The van der Waals surface area contributed by atoms with Crippen molar-refractivity contribution in [2.75, 3.05) is 32.1 Å². The van der Waals surface area contributed by atoms with Gasteiger partial charge in [-0.15, -0.1) is 0 Å². The Morgan fingerprint density at radius 2 is 1.81 bits per heavy atom. The topological polar surface area (TPSA) is 71.1 Å². The monoisotopic (exact) mass is 423 g/mol. The van der Waals surface area contributed by atoms with Crippen molar-refractivity contribution in [2.45, 2.75) is 38.9 Å². The maximum Gasteiger partial charge on any atom is 0.337 e. The van der Waals surface area contributed by atoms with E-state index in [1.54, 1.807) is 12.1 Å². The van der Waals surface area contributed by atoms with Crippen LogP contribution in [0.5, 0.6) is 5.75 Å². The largest absolute Gasteiger partial charge is 0.493 e. The van der Waals surface area contributed by atoms with Crippen LogP contribution in [0.4, 0.5) is 10.5 Å². The maximum absolute atomic E-state index is 12.9. The van der Waals surface area contributed by atoms with Gasteiger partial charge in [-0.05, 0) is 55.3 Å². The minimum absolute atomic E-state index is 0.0698. The van der Waals surface area contributed by atoms with Crippen LogP contribution < -0.4 is 10.1 Å². The number of carbonyl (C=O) groups is 2. The Morgan fingerprint density at radius 3 is 2.48 bits per heavy atom. The number of methoxy groups -OCH3 is 1. The predicted molar refractivity (Wildman–Crippen MR) is 118 cm³/mol. The van der Waals surface area contributed by atoms with E-state index in [2.05, 4.69) is 24.1 Å². The number of benzene rings is 2. The number of ether oxygens (including phenoxy) is 2. The van der Waals surface area contributed by atoms with E-state index in [0.29, 0.717) is 25.3 Å². The Bertz CT molecular complexity index is 948. The number of amides is 2. The van der Waals surface area contributed by atoms with Crippen molar-refractivity contribution in [3.05, 3.63) is 59.2 Å². The molecule has 1 fully saturated rings. The number of hydrogen-bond acceptors (Lipinski definition) is 5. The molecule has 4 rings (SSSR count). The van der Waals surface area contributed by atoms with Gasteiger partial charge in [0.05, 0.1) is 19.3 Å². The van der Waals surface area contributed by atoms with E-state index in [4.69, 9.17) is 9.47 Å². The zero-order valence-electron chi connectivity index (χ0n) is 18.3. The number of piperazine rings is 1. The molecule has 1 N–H and O–H groups in total. The van der Waals surface area contributed by atoms with E-state index in [1.165, 1.54) is 7.11 Å². The Hall–Kier alpha value is -3.06. The van der Waals surface area contributed by atoms with E-state index in [-0.39, 0.29) is 24.1 Å². The number of anilines is 1. The van der Waals surface area contributed by atoms with Crippen molar-refractivity contribution in [1.82, 2.24) is 9.80 Å². The fourth-order valence-corrected chi connectivity index (χ4v) is 4.38. The van der Waals surface area contributed by atoms with E-state index < -0.39 is 0 Å². The molecule has 31 heavy (non-hydrogen) atoms. The lowest BCUT2D eigenvalue weighted by molar-refractivity contribution is 0.0525. The van der Waals surface area contributed by atoms with Gasteiger partial charge < -0.3 is 19.7 Å². The third-order valence-corrected chi connectivity index (χ3v) is 6.07. The normalized spacial score (nSPS) is 20.7. The molecule has 1 saturated heterocycles. The van der Waals surface area contributed by atoms with E-state index in [0.717, 1.165) is 35.5 Å². The summed E-state index contributed by atoms with van der Waals surface area (Å²) >= 11 is 0. The number of nitrogens with one attached hydrogen (secondary N) is 1. The minimum atomic E-state index is -0.330. The van der Waals surface area contributed by atoms with Crippen LogP contribution in [-0.2, 0) is 17.7 Å². The standard InChI is InChI=1S/C24H29N3O4/c1-16-13-26(24(29)25-21-8-9-22-20(12-21)10-11-31-22)14-17(2)27(16)15-18-4-6-19(7-5-18)23(28)30-3/h4-9,12,16-17H,10-11,13-15H2,1-3H3,(H,25,29)/t16-,17+. The number of fused-ring (bicyclic) bond motifs is 1. The molecular formula is C24H29N3O4. The molecule has 0 saturated carbocycles. The van der Waals surface area contributed by atoms with Crippen LogP contribution in [0.25, 0.3) is 0 Å². The second kappa shape index (κ2) is 8.98. The van der Waals surface area contributed by atoms with Crippen LogP contribution in [0.2, 0.25) is 0 Å². The highest BCUT2D eigenvalue weighted by Crippen LogP contribution is 2.28. The molecule has 7 nitrogen and oxygen atoms in total. The number of nitrogens with zero attached hydrogens (tertiary/aromatic N) is 2. The van der Waals surface area contributed by atoms with Gasteiger partial charge >= 0.3 is 12.0 Å². The average Bonchev–Trinajstić information content (AvgIpc) is 3.24.